The summed E-state index contributed by atoms with van der Waals surface area (Å²) >= 11 is 0. The van der Waals surface area contributed by atoms with Crippen LogP contribution in [0.5, 0.6) is 0 Å². The molecule has 1 aliphatic rings. The van der Waals surface area contributed by atoms with Crippen molar-refractivity contribution in [2.75, 3.05) is 11.5 Å². The Balaban J connectivity index is 2.28. The lowest BCUT2D eigenvalue weighted by Gasteiger charge is -2.48. The van der Waals surface area contributed by atoms with E-state index in [1.165, 1.54) is 49.7 Å². The number of fused-ring (bicyclic) bond motifs is 1. The van der Waals surface area contributed by atoms with E-state index in [1.54, 1.807) is 5.56 Å². The number of hydrogen-bond donors (Lipinski definition) is 2. The predicted octanol–water partition coefficient (Wildman–Crippen LogP) is 5.98. The van der Waals surface area contributed by atoms with Gasteiger partial charge in [0.1, 0.15) is 0 Å². The Morgan fingerprint density at radius 2 is 1.35 bits per heavy atom. The monoisotopic (exact) mass is 350 g/mol. The Morgan fingerprint density at radius 3 is 1.92 bits per heavy atom. The molecule has 2 aromatic carbocycles. The lowest BCUT2D eigenvalue weighted by molar-refractivity contribution is 0.183. The lowest BCUT2D eigenvalue weighted by atomic mass is 9.55. The van der Waals surface area contributed by atoms with Gasteiger partial charge in [0, 0.05) is 22.2 Å². The van der Waals surface area contributed by atoms with Crippen molar-refractivity contribution < 1.29 is 0 Å². The Hall–Kier alpha value is -1.96. The summed E-state index contributed by atoms with van der Waals surface area (Å²) in [5.74, 6) is 0. The third kappa shape index (κ3) is 2.80. The van der Waals surface area contributed by atoms with Crippen molar-refractivity contribution in [3.05, 3.63) is 59.2 Å². The third-order valence-electron chi connectivity index (χ3n) is 6.55. The van der Waals surface area contributed by atoms with Gasteiger partial charge in [-0.05, 0) is 66.6 Å². The molecule has 0 aliphatic heterocycles. The molecule has 0 heterocycles. The van der Waals surface area contributed by atoms with Crippen molar-refractivity contribution in [2.24, 2.45) is 0 Å². The fourth-order valence-electron chi connectivity index (χ4n) is 5.78. The Bertz CT molecular complexity index is 741. The van der Waals surface area contributed by atoms with Crippen LogP contribution in [0.3, 0.4) is 0 Å². The van der Waals surface area contributed by atoms with E-state index in [9.17, 15) is 0 Å². The summed E-state index contributed by atoms with van der Waals surface area (Å²) in [7, 11) is 0. The summed E-state index contributed by atoms with van der Waals surface area (Å²) in [4.78, 5) is 0. The van der Waals surface area contributed by atoms with Gasteiger partial charge in [0.2, 0.25) is 0 Å². The molecule has 2 aromatic rings. The van der Waals surface area contributed by atoms with Crippen LogP contribution in [0.2, 0.25) is 0 Å². The van der Waals surface area contributed by atoms with E-state index < -0.39 is 0 Å². The number of rotatable bonds is 7. The van der Waals surface area contributed by atoms with Gasteiger partial charge >= 0.3 is 0 Å². The first-order valence-corrected chi connectivity index (χ1v) is 10.3. The average Bonchev–Trinajstić information content (AvgIpc) is 2.86. The standard InChI is InChI=1S/C24H34N2/c1-4-13-23(14-5-2)22-12-11-21(26)16-18(22)17-24(23,15-6-3)19-7-9-20(25)10-8-19/h7-12,16H,4-6,13-15,17,25-26H2,1-3H3. The summed E-state index contributed by atoms with van der Waals surface area (Å²) < 4.78 is 0. The van der Waals surface area contributed by atoms with Gasteiger partial charge in [0.25, 0.3) is 0 Å². The zero-order valence-electron chi connectivity index (χ0n) is 16.6. The van der Waals surface area contributed by atoms with Crippen LogP contribution >= 0.6 is 0 Å². The zero-order valence-corrected chi connectivity index (χ0v) is 16.6. The lowest BCUT2D eigenvalue weighted by Crippen LogP contribution is -2.46. The van der Waals surface area contributed by atoms with Crippen LogP contribution in [0.25, 0.3) is 0 Å². The van der Waals surface area contributed by atoms with Gasteiger partial charge in [-0.15, -0.1) is 0 Å². The molecule has 0 saturated heterocycles. The quantitative estimate of drug-likeness (QED) is 0.603. The molecule has 0 fully saturated rings. The van der Waals surface area contributed by atoms with Crippen LogP contribution in [0.1, 0.15) is 76.0 Å². The first-order valence-electron chi connectivity index (χ1n) is 10.3. The number of nitrogen functional groups attached to an aromatic ring is 2. The summed E-state index contributed by atoms with van der Waals surface area (Å²) in [6.45, 7) is 6.97. The van der Waals surface area contributed by atoms with Crippen LogP contribution in [0.15, 0.2) is 42.5 Å². The molecule has 1 atom stereocenters. The van der Waals surface area contributed by atoms with Crippen LogP contribution in [0, 0.1) is 0 Å². The van der Waals surface area contributed by atoms with Crippen molar-refractivity contribution >= 4 is 11.4 Å². The van der Waals surface area contributed by atoms with Crippen molar-refractivity contribution in [1.29, 1.82) is 0 Å². The maximum absolute atomic E-state index is 6.17. The van der Waals surface area contributed by atoms with Crippen molar-refractivity contribution in [3.63, 3.8) is 0 Å². The minimum Gasteiger partial charge on any atom is -0.399 e. The number of nitrogens with two attached hydrogens (primary N) is 2. The molecule has 3 rings (SSSR count). The van der Waals surface area contributed by atoms with Gasteiger partial charge in [-0.1, -0.05) is 58.2 Å². The molecular formula is C24H34N2. The molecule has 140 valence electrons. The molecule has 4 N–H and O–H groups in total. The van der Waals surface area contributed by atoms with Crippen LogP contribution in [-0.2, 0) is 17.3 Å². The molecule has 2 nitrogen and oxygen atoms in total. The zero-order chi connectivity index (χ0) is 18.8. The summed E-state index contributed by atoms with van der Waals surface area (Å²) in [6, 6.07) is 15.4. The molecule has 0 bridgehead atoms. The van der Waals surface area contributed by atoms with Gasteiger partial charge in [0.15, 0.2) is 0 Å². The molecule has 0 aromatic heterocycles. The second kappa shape index (κ2) is 7.34. The smallest absolute Gasteiger partial charge is 0.0316 e. The summed E-state index contributed by atoms with van der Waals surface area (Å²) in [5.41, 5.74) is 18.7. The summed E-state index contributed by atoms with van der Waals surface area (Å²) in [6.07, 6.45) is 8.32. The van der Waals surface area contributed by atoms with Gasteiger partial charge in [0.05, 0.1) is 0 Å². The first-order chi connectivity index (χ1) is 12.5. The molecule has 1 aliphatic carbocycles. The fraction of sp³-hybridized carbons (Fsp3) is 0.500. The first kappa shape index (κ1) is 18.8. The van der Waals surface area contributed by atoms with Gasteiger partial charge in [-0.2, -0.15) is 0 Å². The SMILES string of the molecule is CCCC1(c2ccc(N)cc2)Cc2cc(N)ccc2C1(CCC)CCC. The molecule has 0 saturated carbocycles. The van der Waals surface area contributed by atoms with E-state index in [-0.39, 0.29) is 10.8 Å². The van der Waals surface area contributed by atoms with Crippen LogP contribution < -0.4 is 11.5 Å². The summed E-state index contributed by atoms with van der Waals surface area (Å²) in [5, 5.41) is 0. The number of hydrogen-bond acceptors (Lipinski definition) is 2. The second-order valence-electron chi connectivity index (χ2n) is 8.13. The predicted molar refractivity (Wildman–Crippen MR) is 113 cm³/mol. The number of benzene rings is 2. The van der Waals surface area contributed by atoms with E-state index in [4.69, 9.17) is 11.5 Å². The van der Waals surface area contributed by atoms with E-state index in [0.29, 0.717) is 0 Å². The van der Waals surface area contributed by atoms with Gasteiger partial charge < -0.3 is 11.5 Å². The van der Waals surface area contributed by atoms with Crippen molar-refractivity contribution in [2.45, 2.75) is 76.5 Å². The van der Waals surface area contributed by atoms with Crippen LogP contribution in [0.4, 0.5) is 11.4 Å². The molecule has 0 radical (unpaired) electrons. The molecule has 0 spiro atoms. The minimum atomic E-state index is 0.137. The molecule has 2 heteroatoms. The van der Waals surface area contributed by atoms with Crippen LogP contribution in [-0.4, -0.2) is 0 Å². The number of anilines is 2. The van der Waals surface area contributed by atoms with E-state index in [2.05, 4.69) is 63.2 Å². The second-order valence-corrected chi connectivity index (χ2v) is 8.13. The van der Waals surface area contributed by atoms with E-state index in [1.807, 2.05) is 0 Å². The highest BCUT2D eigenvalue weighted by atomic mass is 14.6. The fourth-order valence-corrected chi connectivity index (χ4v) is 5.78. The largest absolute Gasteiger partial charge is 0.399 e. The van der Waals surface area contributed by atoms with Crippen molar-refractivity contribution in [1.82, 2.24) is 0 Å². The minimum absolute atomic E-state index is 0.137. The Kier molecular flexibility index (Phi) is 5.32. The normalized spacial score (nSPS) is 20.9. The highest BCUT2D eigenvalue weighted by molar-refractivity contribution is 5.57. The third-order valence-corrected chi connectivity index (χ3v) is 6.55. The molecule has 26 heavy (non-hydrogen) atoms. The maximum Gasteiger partial charge on any atom is 0.0316 e. The van der Waals surface area contributed by atoms with E-state index in [0.717, 1.165) is 17.8 Å². The van der Waals surface area contributed by atoms with Gasteiger partial charge in [-0.3, -0.25) is 0 Å². The average molecular weight is 351 g/mol. The molecule has 1 unspecified atom stereocenters. The Labute approximate surface area is 159 Å². The maximum atomic E-state index is 6.17. The van der Waals surface area contributed by atoms with Crippen molar-refractivity contribution in [3.8, 4) is 0 Å². The Morgan fingerprint density at radius 1 is 0.769 bits per heavy atom. The van der Waals surface area contributed by atoms with E-state index >= 15 is 0 Å². The highest BCUT2D eigenvalue weighted by Crippen LogP contribution is 2.60. The molecular weight excluding hydrogens is 316 g/mol. The topological polar surface area (TPSA) is 52.0 Å². The molecule has 0 amide bonds. The van der Waals surface area contributed by atoms with Gasteiger partial charge in [-0.25, -0.2) is 0 Å². The highest BCUT2D eigenvalue weighted by Gasteiger charge is 2.56.